The molecule has 0 aliphatic carbocycles. The molecule has 1 atom stereocenters. The summed E-state index contributed by atoms with van der Waals surface area (Å²) in [6.45, 7) is 1.90. The molecule has 0 bridgehead atoms. The van der Waals surface area contributed by atoms with Crippen molar-refractivity contribution >= 4 is 28.8 Å². The zero-order chi connectivity index (χ0) is 14.5. The number of nitrogens with one attached hydrogen (secondary N) is 1. The Labute approximate surface area is 126 Å². The van der Waals surface area contributed by atoms with Gasteiger partial charge in [0.2, 0.25) is 0 Å². The lowest BCUT2D eigenvalue weighted by atomic mass is 10.2. The highest BCUT2D eigenvalue weighted by atomic mass is 35.5. The average molecular weight is 311 g/mol. The molecule has 0 fully saturated rings. The Kier molecular flexibility index (Phi) is 5.11. The molecule has 1 aromatic carbocycles. The van der Waals surface area contributed by atoms with E-state index in [4.69, 9.17) is 16.7 Å². The van der Waals surface area contributed by atoms with Crippen molar-refractivity contribution in [2.45, 2.75) is 19.4 Å². The van der Waals surface area contributed by atoms with Crippen LogP contribution in [-0.4, -0.2) is 28.6 Å². The molecule has 2 rings (SSSR count). The number of hydrogen-bond acceptors (Lipinski definition) is 4. The average Bonchev–Trinajstić information content (AvgIpc) is 2.89. The van der Waals surface area contributed by atoms with Crippen LogP contribution in [0.15, 0.2) is 29.6 Å². The van der Waals surface area contributed by atoms with E-state index in [1.165, 1.54) is 11.3 Å². The summed E-state index contributed by atoms with van der Waals surface area (Å²) in [4.78, 5) is 16.3. The summed E-state index contributed by atoms with van der Waals surface area (Å²) in [5.74, 6) is -0.220. The van der Waals surface area contributed by atoms with Crippen LogP contribution in [0.3, 0.4) is 0 Å². The number of carbonyl (C=O) groups excluding carboxylic acids is 1. The van der Waals surface area contributed by atoms with Gasteiger partial charge in [0.15, 0.2) is 0 Å². The molecule has 0 saturated carbocycles. The fourth-order valence-electron chi connectivity index (χ4n) is 1.67. The summed E-state index contributed by atoms with van der Waals surface area (Å²) in [7, 11) is 0. The summed E-state index contributed by atoms with van der Waals surface area (Å²) in [5, 5.41) is 14.8. The summed E-state index contributed by atoms with van der Waals surface area (Å²) in [6.07, 6.45) is 0.528. The molecule has 1 unspecified atom stereocenters. The van der Waals surface area contributed by atoms with Gasteiger partial charge in [-0.2, -0.15) is 0 Å². The number of amides is 1. The van der Waals surface area contributed by atoms with E-state index in [2.05, 4.69) is 10.3 Å². The van der Waals surface area contributed by atoms with E-state index in [0.29, 0.717) is 17.1 Å². The van der Waals surface area contributed by atoms with Gasteiger partial charge in [0.25, 0.3) is 5.91 Å². The van der Waals surface area contributed by atoms with Crippen molar-refractivity contribution in [3.05, 3.63) is 40.4 Å². The Balaban J connectivity index is 2.08. The molecular weight excluding hydrogens is 296 g/mol. The molecule has 0 aliphatic heterocycles. The lowest BCUT2D eigenvalue weighted by molar-refractivity contribution is 0.0930. The molecule has 0 aliphatic rings. The largest absolute Gasteiger partial charge is 0.396 e. The fourth-order valence-corrected chi connectivity index (χ4v) is 2.60. The van der Waals surface area contributed by atoms with Gasteiger partial charge in [-0.15, -0.1) is 11.3 Å². The van der Waals surface area contributed by atoms with E-state index < -0.39 is 0 Å². The molecule has 2 N–H and O–H groups in total. The lowest BCUT2D eigenvalue weighted by Crippen LogP contribution is -2.33. The summed E-state index contributed by atoms with van der Waals surface area (Å²) < 4.78 is 0. The Morgan fingerprint density at radius 3 is 2.80 bits per heavy atom. The van der Waals surface area contributed by atoms with Gasteiger partial charge in [-0.3, -0.25) is 4.79 Å². The van der Waals surface area contributed by atoms with Crippen LogP contribution in [0.4, 0.5) is 0 Å². The summed E-state index contributed by atoms with van der Waals surface area (Å²) >= 11 is 7.25. The molecule has 4 nitrogen and oxygen atoms in total. The number of hydrogen-bond donors (Lipinski definition) is 2. The third kappa shape index (κ3) is 3.79. The number of rotatable bonds is 5. The van der Waals surface area contributed by atoms with Crippen molar-refractivity contribution in [2.24, 2.45) is 0 Å². The van der Waals surface area contributed by atoms with Crippen LogP contribution in [0, 0.1) is 0 Å². The normalized spacial score (nSPS) is 12.2. The first-order valence-electron chi connectivity index (χ1n) is 6.23. The van der Waals surface area contributed by atoms with Crippen LogP contribution in [-0.2, 0) is 0 Å². The zero-order valence-electron chi connectivity index (χ0n) is 11.0. The zero-order valence-corrected chi connectivity index (χ0v) is 12.5. The number of aliphatic hydroxyl groups is 1. The highest BCUT2D eigenvalue weighted by molar-refractivity contribution is 7.13. The van der Waals surface area contributed by atoms with Gasteiger partial charge in [-0.05, 0) is 25.5 Å². The molecule has 2 aromatic rings. The van der Waals surface area contributed by atoms with Crippen molar-refractivity contribution in [1.29, 1.82) is 0 Å². The quantitative estimate of drug-likeness (QED) is 0.892. The summed E-state index contributed by atoms with van der Waals surface area (Å²) in [6, 6.07) is 7.25. The Morgan fingerprint density at radius 2 is 2.15 bits per heavy atom. The van der Waals surface area contributed by atoms with Crippen molar-refractivity contribution in [2.75, 3.05) is 6.61 Å². The van der Waals surface area contributed by atoms with E-state index in [1.807, 2.05) is 19.1 Å². The first-order valence-corrected chi connectivity index (χ1v) is 7.49. The van der Waals surface area contributed by atoms with Crippen molar-refractivity contribution in [1.82, 2.24) is 10.3 Å². The minimum atomic E-state index is -0.220. The molecule has 1 amide bonds. The Hall–Kier alpha value is -1.43. The number of aromatic nitrogens is 1. The van der Waals surface area contributed by atoms with Crippen LogP contribution in [0.2, 0.25) is 5.02 Å². The number of nitrogens with zero attached hydrogens (tertiary/aromatic N) is 1. The Morgan fingerprint density at radius 1 is 1.45 bits per heavy atom. The van der Waals surface area contributed by atoms with Gasteiger partial charge in [-0.1, -0.05) is 23.7 Å². The molecule has 20 heavy (non-hydrogen) atoms. The first-order chi connectivity index (χ1) is 9.60. The second kappa shape index (κ2) is 6.83. The van der Waals surface area contributed by atoms with Crippen molar-refractivity contribution < 1.29 is 9.90 Å². The topological polar surface area (TPSA) is 62.2 Å². The molecule has 106 valence electrons. The number of carbonyl (C=O) groups is 1. The van der Waals surface area contributed by atoms with E-state index in [0.717, 1.165) is 10.6 Å². The van der Waals surface area contributed by atoms with E-state index in [9.17, 15) is 4.79 Å². The van der Waals surface area contributed by atoms with Crippen LogP contribution in [0.5, 0.6) is 0 Å². The smallest absolute Gasteiger partial charge is 0.270 e. The number of aliphatic hydroxyl groups excluding tert-OH is 1. The van der Waals surface area contributed by atoms with Gasteiger partial charge < -0.3 is 10.4 Å². The monoisotopic (exact) mass is 310 g/mol. The molecular formula is C14H15ClN2O2S. The first kappa shape index (κ1) is 15.0. The van der Waals surface area contributed by atoms with E-state index in [1.54, 1.807) is 17.5 Å². The minimum Gasteiger partial charge on any atom is -0.396 e. The van der Waals surface area contributed by atoms with Gasteiger partial charge in [-0.25, -0.2) is 4.98 Å². The molecule has 1 heterocycles. The molecule has 1 aromatic heterocycles. The van der Waals surface area contributed by atoms with Crippen LogP contribution in [0.1, 0.15) is 23.8 Å². The van der Waals surface area contributed by atoms with Gasteiger partial charge in [0.05, 0.1) is 0 Å². The lowest BCUT2D eigenvalue weighted by Gasteiger charge is -2.10. The molecule has 6 heteroatoms. The second-order valence-corrected chi connectivity index (χ2v) is 5.73. The standard InChI is InChI=1S/C14H15ClN2O2S/c1-9(6-7-18)16-13(19)12-8-20-14(17-12)10-2-4-11(15)5-3-10/h2-5,8-9,18H,6-7H2,1H3,(H,16,19). The highest BCUT2D eigenvalue weighted by Crippen LogP contribution is 2.25. The van der Waals surface area contributed by atoms with Gasteiger partial charge in [0.1, 0.15) is 10.7 Å². The van der Waals surface area contributed by atoms with Gasteiger partial charge in [0, 0.05) is 28.6 Å². The highest BCUT2D eigenvalue weighted by Gasteiger charge is 2.13. The van der Waals surface area contributed by atoms with Crippen LogP contribution in [0.25, 0.3) is 10.6 Å². The van der Waals surface area contributed by atoms with Crippen LogP contribution >= 0.6 is 22.9 Å². The second-order valence-electron chi connectivity index (χ2n) is 4.43. The maximum Gasteiger partial charge on any atom is 0.270 e. The number of halogens is 1. The SMILES string of the molecule is CC(CCO)NC(=O)c1csc(-c2ccc(Cl)cc2)n1. The number of thiazole rings is 1. The van der Waals surface area contributed by atoms with Crippen molar-refractivity contribution in [3.63, 3.8) is 0 Å². The van der Waals surface area contributed by atoms with E-state index >= 15 is 0 Å². The fraction of sp³-hybridized carbons (Fsp3) is 0.286. The summed E-state index contributed by atoms with van der Waals surface area (Å²) in [5.41, 5.74) is 1.33. The third-order valence-electron chi connectivity index (χ3n) is 2.77. The Bertz CT molecular complexity index is 583. The van der Waals surface area contributed by atoms with E-state index in [-0.39, 0.29) is 18.6 Å². The van der Waals surface area contributed by atoms with Gasteiger partial charge >= 0.3 is 0 Å². The number of benzene rings is 1. The maximum absolute atomic E-state index is 12.0. The molecule has 0 radical (unpaired) electrons. The van der Waals surface area contributed by atoms with Crippen LogP contribution < -0.4 is 5.32 Å². The third-order valence-corrected chi connectivity index (χ3v) is 3.91. The predicted molar refractivity (Wildman–Crippen MR) is 81.2 cm³/mol. The maximum atomic E-state index is 12.0. The molecule has 0 spiro atoms. The van der Waals surface area contributed by atoms with Crippen molar-refractivity contribution in [3.8, 4) is 10.6 Å². The predicted octanol–water partition coefficient (Wildman–Crippen LogP) is 2.96. The molecule has 0 saturated heterocycles. The minimum absolute atomic E-state index is 0.0501.